The Balaban J connectivity index is 1.74. The van der Waals surface area contributed by atoms with Gasteiger partial charge in [0.15, 0.2) is 0 Å². The van der Waals surface area contributed by atoms with Gasteiger partial charge < -0.3 is 10.4 Å². The summed E-state index contributed by atoms with van der Waals surface area (Å²) in [7, 11) is 0. The Labute approximate surface area is 145 Å². The maximum atomic E-state index is 11.6. The number of aliphatic carboxylic acids is 1. The third kappa shape index (κ3) is 6.01. The Kier molecular flexibility index (Phi) is 6.69. The van der Waals surface area contributed by atoms with Crippen LogP contribution in [0.4, 0.5) is 0 Å². The maximum absolute atomic E-state index is 11.6. The van der Waals surface area contributed by atoms with Crippen molar-refractivity contribution in [3.63, 3.8) is 0 Å². The SMILES string of the molecule is O=C(O)CCC(=O)NC1CCN(Cc2ccc(Cl)c(Cl)c2)CC1. The number of nitrogens with zero attached hydrogens (tertiary/aromatic N) is 1. The zero-order valence-electron chi connectivity index (χ0n) is 12.7. The lowest BCUT2D eigenvalue weighted by atomic mass is 10.0. The van der Waals surface area contributed by atoms with Gasteiger partial charge in [-0.1, -0.05) is 29.3 Å². The van der Waals surface area contributed by atoms with E-state index in [1.54, 1.807) is 6.07 Å². The number of carboxylic acid groups (broad SMARTS) is 1. The van der Waals surface area contributed by atoms with Gasteiger partial charge in [-0.25, -0.2) is 0 Å². The van der Waals surface area contributed by atoms with Crippen LogP contribution in [0.3, 0.4) is 0 Å². The Morgan fingerprint density at radius 3 is 2.48 bits per heavy atom. The molecule has 2 N–H and O–H groups in total. The molecule has 1 aromatic carbocycles. The molecular weight excluding hydrogens is 339 g/mol. The Morgan fingerprint density at radius 1 is 1.17 bits per heavy atom. The van der Waals surface area contributed by atoms with Crippen molar-refractivity contribution < 1.29 is 14.7 Å². The highest BCUT2D eigenvalue weighted by Crippen LogP contribution is 2.24. The van der Waals surface area contributed by atoms with Crippen molar-refractivity contribution in [2.45, 2.75) is 38.3 Å². The van der Waals surface area contributed by atoms with E-state index < -0.39 is 5.97 Å². The Morgan fingerprint density at radius 2 is 1.87 bits per heavy atom. The molecule has 2 rings (SSSR count). The van der Waals surface area contributed by atoms with Crippen LogP contribution in [0.15, 0.2) is 18.2 Å². The summed E-state index contributed by atoms with van der Waals surface area (Å²) >= 11 is 11.9. The molecule has 0 saturated carbocycles. The summed E-state index contributed by atoms with van der Waals surface area (Å²) in [5.41, 5.74) is 1.11. The number of hydrogen-bond acceptors (Lipinski definition) is 3. The molecule has 0 aliphatic carbocycles. The minimum atomic E-state index is -0.948. The van der Waals surface area contributed by atoms with Crippen molar-refractivity contribution in [3.8, 4) is 0 Å². The van der Waals surface area contributed by atoms with E-state index in [2.05, 4.69) is 10.2 Å². The van der Waals surface area contributed by atoms with Gasteiger partial charge >= 0.3 is 5.97 Å². The van der Waals surface area contributed by atoms with Crippen molar-refractivity contribution in [2.24, 2.45) is 0 Å². The fourth-order valence-corrected chi connectivity index (χ4v) is 2.97. The third-order valence-electron chi connectivity index (χ3n) is 3.91. The van der Waals surface area contributed by atoms with Crippen LogP contribution in [0.5, 0.6) is 0 Å². The second-order valence-electron chi connectivity index (χ2n) is 5.76. The van der Waals surface area contributed by atoms with Crippen molar-refractivity contribution in [1.29, 1.82) is 0 Å². The van der Waals surface area contributed by atoms with E-state index in [4.69, 9.17) is 28.3 Å². The highest BCUT2D eigenvalue weighted by atomic mass is 35.5. The van der Waals surface area contributed by atoms with E-state index in [-0.39, 0.29) is 24.8 Å². The fourth-order valence-electron chi connectivity index (χ4n) is 2.65. The molecule has 0 spiro atoms. The number of rotatable bonds is 6. The minimum absolute atomic E-state index is 0.0405. The van der Waals surface area contributed by atoms with Gasteiger partial charge in [0.1, 0.15) is 0 Å². The molecule has 0 aromatic heterocycles. The molecule has 5 nitrogen and oxygen atoms in total. The molecule has 126 valence electrons. The molecule has 0 bridgehead atoms. The van der Waals surface area contributed by atoms with Gasteiger partial charge in [-0.05, 0) is 30.5 Å². The fraction of sp³-hybridized carbons (Fsp3) is 0.500. The number of nitrogens with one attached hydrogen (secondary N) is 1. The van der Waals surface area contributed by atoms with Crippen LogP contribution in [-0.4, -0.2) is 41.0 Å². The molecule has 0 radical (unpaired) electrons. The lowest BCUT2D eigenvalue weighted by Crippen LogP contribution is -2.44. The van der Waals surface area contributed by atoms with Crippen LogP contribution in [-0.2, 0) is 16.1 Å². The first-order valence-corrected chi connectivity index (χ1v) is 8.37. The number of carbonyl (C=O) groups is 2. The number of amides is 1. The van der Waals surface area contributed by atoms with Gasteiger partial charge in [-0.15, -0.1) is 0 Å². The number of carbonyl (C=O) groups excluding carboxylic acids is 1. The largest absolute Gasteiger partial charge is 0.481 e. The van der Waals surface area contributed by atoms with E-state index in [1.165, 1.54) is 0 Å². The molecule has 1 heterocycles. The first-order chi connectivity index (χ1) is 10.9. The summed E-state index contributed by atoms with van der Waals surface area (Å²) in [6.45, 7) is 2.56. The minimum Gasteiger partial charge on any atom is -0.481 e. The van der Waals surface area contributed by atoms with Crippen LogP contribution in [0.1, 0.15) is 31.2 Å². The second kappa shape index (κ2) is 8.52. The van der Waals surface area contributed by atoms with Gasteiger partial charge in [-0.2, -0.15) is 0 Å². The Bertz CT molecular complexity index is 572. The zero-order chi connectivity index (χ0) is 16.8. The maximum Gasteiger partial charge on any atom is 0.303 e. The first kappa shape index (κ1) is 18.0. The molecule has 1 fully saturated rings. The van der Waals surface area contributed by atoms with Gasteiger partial charge in [0.25, 0.3) is 0 Å². The smallest absolute Gasteiger partial charge is 0.303 e. The summed E-state index contributed by atoms with van der Waals surface area (Å²) in [6, 6.07) is 5.77. The molecule has 1 amide bonds. The zero-order valence-corrected chi connectivity index (χ0v) is 14.2. The molecule has 0 unspecified atom stereocenters. The average Bonchev–Trinajstić information content (AvgIpc) is 2.51. The third-order valence-corrected chi connectivity index (χ3v) is 4.65. The number of carboxylic acids is 1. The van der Waals surface area contributed by atoms with Crippen LogP contribution in [0, 0.1) is 0 Å². The number of likely N-dealkylation sites (tertiary alicyclic amines) is 1. The van der Waals surface area contributed by atoms with Crippen LogP contribution < -0.4 is 5.32 Å². The number of piperidine rings is 1. The van der Waals surface area contributed by atoms with Crippen molar-refractivity contribution >= 4 is 35.1 Å². The van der Waals surface area contributed by atoms with Crippen LogP contribution >= 0.6 is 23.2 Å². The summed E-state index contributed by atoms with van der Waals surface area (Å²) in [6.07, 6.45) is 1.64. The predicted octanol–water partition coefficient (Wildman–Crippen LogP) is 2.94. The summed E-state index contributed by atoms with van der Waals surface area (Å²) in [4.78, 5) is 24.4. The molecule has 23 heavy (non-hydrogen) atoms. The summed E-state index contributed by atoms with van der Waals surface area (Å²) < 4.78 is 0. The standard InChI is InChI=1S/C16H20Cl2N2O3/c17-13-2-1-11(9-14(13)18)10-20-7-5-12(6-8-20)19-15(21)3-4-16(22)23/h1-2,9,12H,3-8,10H2,(H,19,21)(H,22,23). The molecular formula is C16H20Cl2N2O3. The van der Waals surface area contributed by atoms with Crippen LogP contribution in [0.25, 0.3) is 0 Å². The highest BCUT2D eigenvalue weighted by molar-refractivity contribution is 6.42. The summed E-state index contributed by atoms with van der Waals surface area (Å²) in [5, 5.41) is 12.6. The van der Waals surface area contributed by atoms with Gasteiger partial charge in [-0.3, -0.25) is 14.5 Å². The van der Waals surface area contributed by atoms with E-state index >= 15 is 0 Å². The molecule has 1 aliphatic heterocycles. The van der Waals surface area contributed by atoms with Gasteiger partial charge in [0, 0.05) is 32.1 Å². The number of benzene rings is 1. The molecule has 0 atom stereocenters. The number of hydrogen-bond donors (Lipinski definition) is 2. The van der Waals surface area contributed by atoms with E-state index in [1.807, 2.05) is 12.1 Å². The molecule has 1 aliphatic rings. The quantitative estimate of drug-likeness (QED) is 0.820. The van der Waals surface area contributed by atoms with Crippen molar-refractivity contribution in [2.75, 3.05) is 13.1 Å². The second-order valence-corrected chi connectivity index (χ2v) is 6.57. The van der Waals surface area contributed by atoms with E-state index in [0.29, 0.717) is 10.0 Å². The van der Waals surface area contributed by atoms with Crippen molar-refractivity contribution in [1.82, 2.24) is 10.2 Å². The summed E-state index contributed by atoms with van der Waals surface area (Å²) in [5.74, 6) is -1.13. The lowest BCUT2D eigenvalue weighted by molar-refractivity contribution is -0.139. The molecule has 1 aromatic rings. The normalized spacial score (nSPS) is 16.3. The van der Waals surface area contributed by atoms with Crippen molar-refractivity contribution in [3.05, 3.63) is 33.8 Å². The Hall–Kier alpha value is -1.30. The predicted molar refractivity (Wildman–Crippen MR) is 89.8 cm³/mol. The molecule has 1 saturated heterocycles. The highest BCUT2D eigenvalue weighted by Gasteiger charge is 2.21. The van der Waals surface area contributed by atoms with Gasteiger partial charge in [0.05, 0.1) is 16.5 Å². The van der Waals surface area contributed by atoms with E-state index in [9.17, 15) is 9.59 Å². The lowest BCUT2D eigenvalue weighted by Gasteiger charge is -2.32. The monoisotopic (exact) mass is 358 g/mol. The number of halogens is 2. The van der Waals surface area contributed by atoms with E-state index in [0.717, 1.165) is 38.0 Å². The first-order valence-electron chi connectivity index (χ1n) is 7.61. The molecule has 7 heteroatoms. The van der Waals surface area contributed by atoms with Gasteiger partial charge in [0.2, 0.25) is 5.91 Å². The average molecular weight is 359 g/mol. The van der Waals surface area contributed by atoms with Crippen LogP contribution in [0.2, 0.25) is 10.0 Å². The topological polar surface area (TPSA) is 69.6 Å².